The van der Waals surface area contributed by atoms with Gasteiger partial charge in [0.1, 0.15) is 5.70 Å². The van der Waals surface area contributed by atoms with Crippen LogP contribution in [0.2, 0.25) is 0 Å². The molecule has 1 unspecified atom stereocenters. The number of carboxylic acid groups (broad SMARTS) is 1. The second kappa shape index (κ2) is 10.8. The Morgan fingerprint density at radius 1 is 1.26 bits per heavy atom. The third kappa shape index (κ3) is 5.01. The molecule has 0 radical (unpaired) electrons. The lowest BCUT2D eigenvalue weighted by molar-refractivity contribution is -0.158. The van der Waals surface area contributed by atoms with Crippen molar-refractivity contribution in [2.24, 2.45) is 23.3 Å². The van der Waals surface area contributed by atoms with Gasteiger partial charge in [0.2, 0.25) is 23.6 Å². The van der Waals surface area contributed by atoms with Crippen molar-refractivity contribution in [3.63, 3.8) is 0 Å². The highest BCUT2D eigenvalue weighted by Gasteiger charge is 2.60. The SMILES string of the molecule is CNCC(=O)NC(C)[C@H]1C(=O)N2C(C(=O)O)=C(S[C@@H]3CN[C@H](C(=O)N4CCC(N)(C(N)=O)CC4)C3)[C@H](C)[C@H]12. The standard InChI is InChI=1S/C24H37N7O6S/c1-11-17-16(12(2)29-15(32)10-27-3)21(34)31(17)18(22(35)36)19(11)38-13-8-14(28-9-13)20(33)30-6-4-24(26,5-7-30)23(25)37/h11-14,16-17,27-28H,4-10,26H2,1-3H3,(H2,25,37)(H,29,32)(H,35,36)/t11-,12?,13+,14+,16-,17-/m1/s1. The summed E-state index contributed by atoms with van der Waals surface area (Å²) in [5, 5.41) is 18.8. The predicted molar refractivity (Wildman–Crippen MR) is 139 cm³/mol. The van der Waals surface area contributed by atoms with E-state index in [1.54, 1.807) is 18.9 Å². The highest BCUT2D eigenvalue weighted by atomic mass is 32.2. The lowest BCUT2D eigenvalue weighted by Crippen LogP contribution is -2.66. The molecule has 4 aliphatic rings. The second-order valence-electron chi connectivity index (χ2n) is 10.7. The van der Waals surface area contributed by atoms with Gasteiger partial charge in [-0.1, -0.05) is 6.92 Å². The van der Waals surface area contributed by atoms with Gasteiger partial charge in [0.25, 0.3) is 0 Å². The first-order valence-corrected chi connectivity index (χ1v) is 13.8. The highest BCUT2D eigenvalue weighted by Crippen LogP contribution is 2.51. The smallest absolute Gasteiger partial charge is 0.353 e. The Bertz CT molecular complexity index is 1060. The fourth-order valence-electron chi connectivity index (χ4n) is 6.01. The summed E-state index contributed by atoms with van der Waals surface area (Å²) in [6, 6.07) is -1.21. The van der Waals surface area contributed by atoms with Crippen LogP contribution in [-0.2, 0) is 24.0 Å². The van der Waals surface area contributed by atoms with E-state index in [1.807, 2.05) is 6.92 Å². The van der Waals surface area contributed by atoms with Crippen molar-refractivity contribution in [3.05, 3.63) is 10.6 Å². The molecule has 0 spiro atoms. The van der Waals surface area contributed by atoms with Crippen LogP contribution in [0.4, 0.5) is 0 Å². The summed E-state index contributed by atoms with van der Waals surface area (Å²) in [6.45, 7) is 5.01. The number of nitrogens with one attached hydrogen (secondary N) is 3. The zero-order chi connectivity index (χ0) is 27.9. The van der Waals surface area contributed by atoms with Crippen LogP contribution in [0, 0.1) is 11.8 Å². The van der Waals surface area contributed by atoms with E-state index in [2.05, 4.69) is 16.0 Å². The number of nitrogens with two attached hydrogens (primary N) is 2. The number of β-lactam (4-membered cyclic amide) rings is 1. The first-order valence-electron chi connectivity index (χ1n) is 12.9. The minimum absolute atomic E-state index is 0.000884. The van der Waals surface area contributed by atoms with Crippen LogP contribution < -0.4 is 27.4 Å². The fraction of sp³-hybridized carbons (Fsp3) is 0.708. The van der Waals surface area contributed by atoms with E-state index in [0.29, 0.717) is 43.8 Å². The number of nitrogens with zero attached hydrogens (tertiary/aromatic N) is 2. The van der Waals surface area contributed by atoms with E-state index in [0.717, 1.165) is 0 Å². The summed E-state index contributed by atoms with van der Waals surface area (Å²) in [5.74, 6) is -3.06. The molecule has 0 aliphatic carbocycles. The second-order valence-corrected chi connectivity index (χ2v) is 12.0. The monoisotopic (exact) mass is 551 g/mol. The summed E-state index contributed by atoms with van der Waals surface area (Å²) >= 11 is 1.41. The van der Waals surface area contributed by atoms with Crippen LogP contribution in [0.1, 0.15) is 33.1 Å². The summed E-state index contributed by atoms with van der Waals surface area (Å²) in [4.78, 5) is 65.7. The maximum Gasteiger partial charge on any atom is 0.353 e. The Morgan fingerprint density at radius 3 is 2.50 bits per heavy atom. The molecule has 210 valence electrons. The summed E-state index contributed by atoms with van der Waals surface area (Å²) < 4.78 is 0. The van der Waals surface area contributed by atoms with Crippen molar-refractivity contribution in [3.8, 4) is 0 Å². The van der Waals surface area contributed by atoms with Gasteiger partial charge < -0.3 is 42.3 Å². The Labute approximate surface area is 225 Å². The highest BCUT2D eigenvalue weighted by molar-refractivity contribution is 8.03. The average molecular weight is 552 g/mol. The number of thioether (sulfide) groups is 1. The minimum atomic E-state index is -1.16. The van der Waals surface area contributed by atoms with E-state index in [-0.39, 0.29) is 47.2 Å². The van der Waals surface area contributed by atoms with E-state index >= 15 is 0 Å². The lowest BCUT2D eigenvalue weighted by atomic mass is 9.78. The minimum Gasteiger partial charge on any atom is -0.477 e. The molecule has 4 aliphatic heterocycles. The summed E-state index contributed by atoms with van der Waals surface area (Å²) in [5.41, 5.74) is 10.4. The van der Waals surface area contributed by atoms with Crippen molar-refractivity contribution in [2.45, 2.75) is 62.0 Å². The van der Waals surface area contributed by atoms with Gasteiger partial charge in [-0.15, -0.1) is 11.8 Å². The number of carboxylic acids is 1. The molecule has 0 bridgehead atoms. The van der Waals surface area contributed by atoms with Gasteiger partial charge >= 0.3 is 5.97 Å². The number of piperidine rings is 1. The largest absolute Gasteiger partial charge is 0.477 e. The van der Waals surface area contributed by atoms with Gasteiger partial charge in [-0.05, 0) is 33.2 Å². The summed E-state index contributed by atoms with van der Waals surface area (Å²) in [6.07, 6.45) is 1.13. The van der Waals surface area contributed by atoms with E-state index < -0.39 is 35.4 Å². The van der Waals surface area contributed by atoms with Crippen molar-refractivity contribution in [1.29, 1.82) is 0 Å². The van der Waals surface area contributed by atoms with Crippen molar-refractivity contribution in [1.82, 2.24) is 25.8 Å². The number of fused-ring (bicyclic) bond motifs is 1. The van der Waals surface area contributed by atoms with Crippen molar-refractivity contribution < 1.29 is 29.1 Å². The number of amides is 4. The molecular weight excluding hydrogens is 514 g/mol. The number of likely N-dealkylation sites (tertiary alicyclic amines) is 1. The number of hydrogen-bond donors (Lipinski definition) is 6. The lowest BCUT2D eigenvalue weighted by Gasteiger charge is -2.47. The van der Waals surface area contributed by atoms with Crippen LogP contribution in [-0.4, -0.2) is 107 Å². The van der Waals surface area contributed by atoms with Crippen LogP contribution in [0.25, 0.3) is 0 Å². The Morgan fingerprint density at radius 2 is 1.92 bits per heavy atom. The molecular formula is C24H37N7O6S. The van der Waals surface area contributed by atoms with Crippen LogP contribution in [0.3, 0.4) is 0 Å². The maximum absolute atomic E-state index is 13.1. The molecule has 4 rings (SSSR count). The molecule has 0 aromatic heterocycles. The third-order valence-electron chi connectivity index (χ3n) is 8.20. The van der Waals surface area contributed by atoms with E-state index in [9.17, 15) is 29.1 Å². The predicted octanol–water partition coefficient (Wildman–Crippen LogP) is -2.25. The Hall–Kier alpha value is -2.68. The first-order chi connectivity index (χ1) is 17.9. The van der Waals surface area contributed by atoms with Crippen LogP contribution in [0.15, 0.2) is 10.6 Å². The Kier molecular flexibility index (Phi) is 8.07. The van der Waals surface area contributed by atoms with E-state index in [1.165, 1.54) is 16.7 Å². The molecule has 8 N–H and O–H groups in total. The third-order valence-corrected chi connectivity index (χ3v) is 9.71. The molecule has 0 saturated carbocycles. The van der Waals surface area contributed by atoms with Crippen molar-refractivity contribution >= 4 is 41.4 Å². The van der Waals surface area contributed by atoms with Gasteiger partial charge in [0.05, 0.1) is 30.1 Å². The molecule has 0 aromatic rings. The van der Waals surface area contributed by atoms with Crippen molar-refractivity contribution in [2.75, 3.05) is 33.2 Å². The Balaban J connectivity index is 1.39. The molecule has 14 heteroatoms. The average Bonchev–Trinajstić information content (AvgIpc) is 3.41. The number of primary amides is 1. The fourth-order valence-corrected chi connectivity index (χ4v) is 7.48. The first kappa shape index (κ1) is 28.3. The normalized spacial score (nSPS) is 31.1. The number of aliphatic carboxylic acids is 1. The maximum atomic E-state index is 13.1. The van der Waals surface area contributed by atoms with Gasteiger partial charge in [-0.25, -0.2) is 4.79 Å². The van der Waals surface area contributed by atoms with Crippen LogP contribution in [0.5, 0.6) is 0 Å². The van der Waals surface area contributed by atoms with Gasteiger partial charge in [0, 0.05) is 41.7 Å². The number of carbonyl (C=O) groups is 5. The van der Waals surface area contributed by atoms with Crippen LogP contribution >= 0.6 is 11.8 Å². The zero-order valence-electron chi connectivity index (χ0n) is 21.9. The molecule has 0 aromatic carbocycles. The molecule has 4 heterocycles. The molecule has 13 nitrogen and oxygen atoms in total. The topological polar surface area (TPSA) is 200 Å². The van der Waals surface area contributed by atoms with Gasteiger partial charge in [-0.2, -0.15) is 0 Å². The molecule has 3 saturated heterocycles. The number of carbonyl (C=O) groups excluding carboxylic acids is 4. The zero-order valence-corrected chi connectivity index (χ0v) is 22.7. The van der Waals surface area contributed by atoms with E-state index in [4.69, 9.17) is 11.5 Å². The molecule has 3 fully saturated rings. The quantitative estimate of drug-likeness (QED) is 0.170. The molecule has 38 heavy (non-hydrogen) atoms. The molecule has 4 amide bonds. The number of likely N-dealkylation sites (N-methyl/N-ethyl adjacent to an activating group) is 1. The summed E-state index contributed by atoms with van der Waals surface area (Å²) in [7, 11) is 1.66. The number of rotatable bonds is 9. The number of hydrogen-bond acceptors (Lipinski definition) is 9. The van der Waals surface area contributed by atoms with Gasteiger partial charge in [-0.3, -0.25) is 19.2 Å². The van der Waals surface area contributed by atoms with Gasteiger partial charge in [0.15, 0.2) is 0 Å². The molecule has 6 atom stereocenters.